The Morgan fingerprint density at radius 3 is 2.83 bits per heavy atom. The minimum absolute atomic E-state index is 0.00282. The molecule has 0 radical (unpaired) electrons. The van der Waals surface area contributed by atoms with Gasteiger partial charge in [0, 0.05) is 5.56 Å². The summed E-state index contributed by atoms with van der Waals surface area (Å²) in [6.07, 6.45) is 2.31. The van der Waals surface area contributed by atoms with Gasteiger partial charge in [-0.3, -0.25) is 10.2 Å². The van der Waals surface area contributed by atoms with E-state index in [1.165, 1.54) is 22.8 Å². The smallest absolute Gasteiger partial charge is 0.283 e. The van der Waals surface area contributed by atoms with Gasteiger partial charge in [0.15, 0.2) is 5.84 Å². The van der Waals surface area contributed by atoms with E-state index >= 15 is 0 Å². The van der Waals surface area contributed by atoms with Crippen molar-refractivity contribution in [2.75, 3.05) is 0 Å². The first-order valence-corrected chi connectivity index (χ1v) is 10.7. The number of hydrazone groups is 1. The maximum atomic E-state index is 13.8. The number of rotatable bonds is 5. The molecule has 0 fully saturated rings. The van der Waals surface area contributed by atoms with E-state index in [2.05, 4.69) is 26.0 Å². The van der Waals surface area contributed by atoms with Crippen LogP contribution in [-0.4, -0.2) is 27.0 Å². The van der Waals surface area contributed by atoms with Gasteiger partial charge in [-0.25, -0.2) is 4.39 Å². The number of nitrogens with zero attached hydrogens (tertiary/aromatic N) is 3. The largest absolute Gasteiger partial charge is 0.488 e. The highest BCUT2D eigenvalue weighted by molar-refractivity contribution is 9.10. The average molecular weight is 487 g/mol. The Kier molecular flexibility index (Phi) is 5.83. The lowest BCUT2D eigenvalue weighted by Crippen LogP contribution is -2.35. The van der Waals surface area contributed by atoms with Gasteiger partial charge in [0.2, 0.25) is 5.17 Å². The highest BCUT2D eigenvalue weighted by atomic mass is 79.9. The third-order valence-corrected chi connectivity index (χ3v) is 6.08. The molecule has 0 bridgehead atoms. The molecule has 0 saturated carbocycles. The first kappa shape index (κ1) is 20.5. The molecule has 0 aliphatic carbocycles. The van der Waals surface area contributed by atoms with Gasteiger partial charge in [0.25, 0.3) is 5.91 Å². The first-order valence-electron chi connectivity index (χ1n) is 9.11. The normalized spacial score (nSPS) is 17.2. The van der Waals surface area contributed by atoms with Gasteiger partial charge >= 0.3 is 0 Å². The number of benzene rings is 2. The van der Waals surface area contributed by atoms with Crippen molar-refractivity contribution in [2.45, 2.75) is 20.0 Å². The number of carbonyl (C=O) groups excluding carboxylic acids is 1. The second kappa shape index (κ2) is 8.53. The zero-order valence-electron chi connectivity index (χ0n) is 15.9. The maximum absolute atomic E-state index is 13.8. The number of ether oxygens (including phenoxy) is 1. The molecule has 2 aliphatic rings. The van der Waals surface area contributed by atoms with Crippen molar-refractivity contribution in [1.82, 2.24) is 5.01 Å². The molecule has 0 aromatic heterocycles. The number of hydrogen-bond donors (Lipinski definition) is 1. The van der Waals surface area contributed by atoms with E-state index in [4.69, 9.17) is 10.1 Å². The monoisotopic (exact) mass is 486 g/mol. The van der Waals surface area contributed by atoms with E-state index in [-0.39, 0.29) is 23.8 Å². The van der Waals surface area contributed by atoms with Crippen LogP contribution in [0.3, 0.4) is 0 Å². The Morgan fingerprint density at radius 1 is 1.30 bits per heavy atom. The molecule has 30 heavy (non-hydrogen) atoms. The summed E-state index contributed by atoms with van der Waals surface area (Å²) in [6.45, 7) is 2.05. The van der Waals surface area contributed by atoms with Crippen LogP contribution in [0.2, 0.25) is 0 Å². The second-order valence-corrected chi connectivity index (χ2v) is 8.33. The fourth-order valence-electron chi connectivity index (χ4n) is 2.84. The number of amides is 1. The Labute approximate surface area is 185 Å². The number of amidine groups is 2. The van der Waals surface area contributed by atoms with E-state index in [0.29, 0.717) is 32.9 Å². The van der Waals surface area contributed by atoms with E-state index in [9.17, 15) is 9.18 Å². The third kappa shape index (κ3) is 4.08. The van der Waals surface area contributed by atoms with Crippen molar-refractivity contribution in [3.8, 4) is 5.75 Å². The molecule has 4 rings (SSSR count). The molecule has 6 nitrogen and oxygen atoms in total. The van der Waals surface area contributed by atoms with Crippen molar-refractivity contribution in [3.63, 3.8) is 0 Å². The Morgan fingerprint density at radius 2 is 2.10 bits per heavy atom. The van der Waals surface area contributed by atoms with Crippen molar-refractivity contribution in [3.05, 3.63) is 69.5 Å². The maximum Gasteiger partial charge on any atom is 0.283 e. The van der Waals surface area contributed by atoms with Crippen molar-refractivity contribution < 1.29 is 13.9 Å². The molecule has 1 amide bonds. The molecule has 2 aromatic rings. The van der Waals surface area contributed by atoms with E-state index in [1.54, 1.807) is 42.5 Å². The summed E-state index contributed by atoms with van der Waals surface area (Å²) < 4.78 is 20.1. The fraction of sp³-hybridized carbons (Fsp3) is 0.143. The summed E-state index contributed by atoms with van der Waals surface area (Å²) in [5, 5.41) is 15.3. The molecule has 0 spiro atoms. The van der Waals surface area contributed by atoms with E-state index in [1.807, 2.05) is 6.92 Å². The number of hydrogen-bond acceptors (Lipinski definition) is 5. The minimum atomic E-state index is -0.470. The Balaban J connectivity index is 1.54. The molecule has 0 atom stereocenters. The van der Waals surface area contributed by atoms with Gasteiger partial charge < -0.3 is 4.74 Å². The van der Waals surface area contributed by atoms with Crippen molar-refractivity contribution in [1.29, 1.82) is 5.41 Å². The number of halogens is 2. The molecule has 9 heteroatoms. The van der Waals surface area contributed by atoms with E-state index < -0.39 is 5.91 Å². The zero-order chi connectivity index (χ0) is 21.3. The number of carbonyl (C=O) groups is 1. The van der Waals surface area contributed by atoms with Crippen LogP contribution in [0.15, 0.2) is 62.6 Å². The summed E-state index contributed by atoms with van der Waals surface area (Å²) in [6, 6.07) is 11.7. The number of aliphatic imine (C=N–C) groups is 1. The van der Waals surface area contributed by atoms with Gasteiger partial charge in [-0.2, -0.15) is 15.1 Å². The van der Waals surface area contributed by atoms with E-state index in [0.717, 1.165) is 5.04 Å². The second-order valence-electron chi connectivity index (χ2n) is 6.44. The summed E-state index contributed by atoms with van der Waals surface area (Å²) in [5.74, 6) is -0.253. The predicted molar refractivity (Wildman–Crippen MR) is 120 cm³/mol. The van der Waals surface area contributed by atoms with Crippen LogP contribution in [0.4, 0.5) is 4.39 Å². The van der Waals surface area contributed by atoms with Crippen LogP contribution in [0.1, 0.15) is 24.5 Å². The van der Waals surface area contributed by atoms with Gasteiger partial charge in [-0.05, 0) is 64.0 Å². The third-order valence-electron chi connectivity index (χ3n) is 4.41. The molecule has 0 saturated heterocycles. The topological polar surface area (TPSA) is 78.1 Å². The molecular weight excluding hydrogens is 471 g/mol. The van der Waals surface area contributed by atoms with Crippen LogP contribution in [0, 0.1) is 11.2 Å². The predicted octanol–water partition coefficient (Wildman–Crippen LogP) is 5.20. The summed E-state index contributed by atoms with van der Waals surface area (Å²) in [5.41, 5.74) is 1.31. The molecule has 2 aromatic carbocycles. The van der Waals surface area contributed by atoms with Gasteiger partial charge in [-0.1, -0.05) is 31.2 Å². The van der Waals surface area contributed by atoms with Crippen molar-refractivity contribution in [2.24, 2.45) is 10.1 Å². The van der Waals surface area contributed by atoms with Crippen LogP contribution in [0.5, 0.6) is 5.75 Å². The van der Waals surface area contributed by atoms with Gasteiger partial charge in [-0.15, -0.1) is 0 Å². The summed E-state index contributed by atoms with van der Waals surface area (Å²) in [7, 11) is 0. The average Bonchev–Trinajstić information content (AvgIpc) is 3.15. The molecular formula is C21H16BrFN4O2S. The summed E-state index contributed by atoms with van der Waals surface area (Å²) in [4.78, 5) is 16.5. The Bertz CT molecular complexity index is 1150. The van der Waals surface area contributed by atoms with Crippen molar-refractivity contribution >= 4 is 55.7 Å². The quantitative estimate of drug-likeness (QED) is 0.589. The molecule has 152 valence electrons. The van der Waals surface area contributed by atoms with Gasteiger partial charge in [0.1, 0.15) is 23.2 Å². The molecule has 1 N–H and O–H groups in total. The lowest BCUT2D eigenvalue weighted by Gasteiger charge is -2.20. The van der Waals surface area contributed by atoms with Crippen LogP contribution in [0.25, 0.3) is 6.08 Å². The zero-order valence-corrected chi connectivity index (χ0v) is 18.3. The highest BCUT2D eigenvalue weighted by Gasteiger charge is 2.35. The Hall–Kier alpha value is -2.78. The number of fused-ring (bicyclic) bond motifs is 1. The standard InChI is InChI=1S/C21H16BrFN4O2S/c1-2-18-26-27-19(24)14(20(28)25-21(27)30-18)9-12-7-8-17(15(22)10-12)29-11-13-5-3-4-6-16(13)23/h3-10,24H,2,11H2,1H3. The van der Waals surface area contributed by atoms with Crippen LogP contribution in [-0.2, 0) is 11.4 Å². The SMILES string of the molecule is CCC1=NN2C(=N)C(=Cc3ccc(OCc4ccccc4F)c(Br)c3)C(=O)N=C2S1. The summed E-state index contributed by atoms with van der Waals surface area (Å²) >= 11 is 4.75. The lowest BCUT2D eigenvalue weighted by molar-refractivity contribution is -0.114. The number of thioether (sulfide) groups is 1. The lowest BCUT2D eigenvalue weighted by atomic mass is 10.1. The van der Waals surface area contributed by atoms with Gasteiger partial charge in [0.05, 0.1) is 10.0 Å². The fourth-order valence-corrected chi connectivity index (χ4v) is 4.17. The molecule has 2 aliphatic heterocycles. The molecule has 2 heterocycles. The minimum Gasteiger partial charge on any atom is -0.488 e. The first-order chi connectivity index (χ1) is 14.5. The number of nitrogens with one attached hydrogen (secondary N) is 1. The van der Waals surface area contributed by atoms with Crippen LogP contribution < -0.4 is 4.74 Å². The van der Waals surface area contributed by atoms with Crippen LogP contribution >= 0.6 is 27.7 Å². The highest BCUT2D eigenvalue weighted by Crippen LogP contribution is 2.31. The molecule has 0 unspecified atom stereocenters.